The van der Waals surface area contributed by atoms with E-state index in [9.17, 15) is 14.4 Å². The molecule has 0 unspecified atom stereocenters. The van der Waals surface area contributed by atoms with Crippen molar-refractivity contribution in [3.05, 3.63) is 71.3 Å². The SMILES string of the molecule is CCN(CC)C(=O)COc1ccc(C(=O)/C=C/c2ccc(C(=O)O)cc2)cc1. The lowest BCUT2D eigenvalue weighted by atomic mass is 10.1. The van der Waals surface area contributed by atoms with Crippen molar-refractivity contribution in [1.82, 2.24) is 4.90 Å². The summed E-state index contributed by atoms with van der Waals surface area (Å²) in [6.07, 6.45) is 3.05. The number of likely N-dealkylation sites (N-methyl/N-ethyl adjacent to an activating group) is 1. The van der Waals surface area contributed by atoms with E-state index in [2.05, 4.69) is 0 Å². The van der Waals surface area contributed by atoms with Crippen LogP contribution in [-0.4, -0.2) is 47.4 Å². The largest absolute Gasteiger partial charge is 0.484 e. The number of benzene rings is 2. The lowest BCUT2D eigenvalue weighted by Gasteiger charge is -2.18. The van der Waals surface area contributed by atoms with E-state index in [0.717, 1.165) is 5.56 Å². The predicted octanol–water partition coefficient (Wildman–Crippen LogP) is 3.53. The van der Waals surface area contributed by atoms with Gasteiger partial charge in [-0.3, -0.25) is 9.59 Å². The summed E-state index contributed by atoms with van der Waals surface area (Å²) in [7, 11) is 0. The van der Waals surface area contributed by atoms with Gasteiger partial charge in [-0.1, -0.05) is 18.2 Å². The van der Waals surface area contributed by atoms with Gasteiger partial charge in [-0.05, 0) is 61.9 Å². The Morgan fingerprint density at radius 2 is 1.50 bits per heavy atom. The van der Waals surface area contributed by atoms with E-state index in [1.165, 1.54) is 18.2 Å². The molecular weight excluding hydrogens is 358 g/mol. The third-order valence-corrected chi connectivity index (χ3v) is 4.20. The fourth-order valence-corrected chi connectivity index (χ4v) is 2.53. The van der Waals surface area contributed by atoms with E-state index in [0.29, 0.717) is 24.4 Å². The van der Waals surface area contributed by atoms with Crippen LogP contribution in [0.4, 0.5) is 0 Å². The van der Waals surface area contributed by atoms with Crippen LogP contribution in [0.25, 0.3) is 6.08 Å². The second-order valence-electron chi connectivity index (χ2n) is 6.00. The molecule has 0 atom stereocenters. The van der Waals surface area contributed by atoms with Crippen LogP contribution in [0.3, 0.4) is 0 Å². The van der Waals surface area contributed by atoms with Crippen molar-refractivity contribution in [3.63, 3.8) is 0 Å². The smallest absolute Gasteiger partial charge is 0.335 e. The summed E-state index contributed by atoms with van der Waals surface area (Å²) >= 11 is 0. The minimum atomic E-state index is -0.993. The molecule has 0 fully saturated rings. The zero-order valence-corrected chi connectivity index (χ0v) is 15.9. The summed E-state index contributed by atoms with van der Waals surface area (Å²) in [4.78, 5) is 36.7. The summed E-state index contributed by atoms with van der Waals surface area (Å²) in [5.74, 6) is -0.743. The molecule has 146 valence electrons. The van der Waals surface area contributed by atoms with E-state index in [-0.39, 0.29) is 23.9 Å². The molecule has 0 radical (unpaired) electrons. The number of rotatable bonds is 9. The fraction of sp³-hybridized carbons (Fsp3) is 0.227. The molecule has 6 nitrogen and oxygen atoms in total. The minimum absolute atomic E-state index is 0.0405. The van der Waals surface area contributed by atoms with E-state index in [1.54, 1.807) is 47.4 Å². The van der Waals surface area contributed by atoms with Crippen molar-refractivity contribution in [2.45, 2.75) is 13.8 Å². The number of ether oxygens (including phenoxy) is 1. The zero-order chi connectivity index (χ0) is 20.5. The number of carbonyl (C=O) groups excluding carboxylic acids is 2. The van der Waals surface area contributed by atoms with Gasteiger partial charge in [0.15, 0.2) is 12.4 Å². The van der Waals surface area contributed by atoms with Crippen LogP contribution in [0.15, 0.2) is 54.6 Å². The molecule has 1 N–H and O–H groups in total. The summed E-state index contributed by atoms with van der Waals surface area (Å²) in [6, 6.07) is 12.8. The Labute approximate surface area is 164 Å². The van der Waals surface area contributed by atoms with E-state index < -0.39 is 5.97 Å². The van der Waals surface area contributed by atoms with Crippen LogP contribution in [0.1, 0.15) is 40.1 Å². The first-order chi connectivity index (χ1) is 13.4. The number of hydrogen-bond acceptors (Lipinski definition) is 4. The molecule has 0 aromatic heterocycles. The highest BCUT2D eigenvalue weighted by Crippen LogP contribution is 2.14. The Bertz CT molecular complexity index is 850. The Balaban J connectivity index is 1.94. The number of ketones is 1. The molecule has 2 aromatic rings. The Morgan fingerprint density at radius 3 is 2.04 bits per heavy atom. The molecule has 2 aromatic carbocycles. The Morgan fingerprint density at radius 1 is 0.929 bits per heavy atom. The number of carboxylic acids is 1. The third kappa shape index (κ3) is 5.81. The van der Waals surface area contributed by atoms with Crippen molar-refractivity contribution in [2.24, 2.45) is 0 Å². The quantitative estimate of drug-likeness (QED) is 0.531. The molecule has 0 spiro atoms. The average Bonchev–Trinajstić information content (AvgIpc) is 2.72. The number of hydrogen-bond donors (Lipinski definition) is 1. The molecule has 0 aliphatic rings. The minimum Gasteiger partial charge on any atom is -0.484 e. The number of allylic oxidation sites excluding steroid dienone is 1. The molecule has 0 saturated carbocycles. The molecule has 2 rings (SSSR count). The van der Waals surface area contributed by atoms with Crippen molar-refractivity contribution < 1.29 is 24.2 Å². The third-order valence-electron chi connectivity index (χ3n) is 4.20. The topological polar surface area (TPSA) is 83.9 Å². The van der Waals surface area contributed by atoms with Gasteiger partial charge in [0.2, 0.25) is 0 Å². The predicted molar refractivity (Wildman–Crippen MR) is 107 cm³/mol. The van der Waals surface area contributed by atoms with Gasteiger partial charge < -0.3 is 14.7 Å². The molecule has 0 saturated heterocycles. The van der Waals surface area contributed by atoms with Crippen LogP contribution >= 0.6 is 0 Å². The standard InChI is InChI=1S/C22H23NO5/c1-3-23(4-2)21(25)15-28-19-12-10-17(11-13-19)20(24)14-7-16-5-8-18(9-6-16)22(26)27/h5-14H,3-4,15H2,1-2H3,(H,26,27)/b14-7+. The van der Waals surface area contributed by atoms with Crippen LogP contribution in [0.2, 0.25) is 0 Å². The highest BCUT2D eigenvalue weighted by atomic mass is 16.5. The summed E-state index contributed by atoms with van der Waals surface area (Å²) < 4.78 is 5.48. The van der Waals surface area contributed by atoms with Crippen LogP contribution < -0.4 is 4.74 Å². The zero-order valence-electron chi connectivity index (χ0n) is 15.9. The highest BCUT2D eigenvalue weighted by molar-refractivity contribution is 6.06. The second-order valence-corrected chi connectivity index (χ2v) is 6.00. The number of carbonyl (C=O) groups is 3. The number of amides is 1. The molecule has 0 heterocycles. The van der Waals surface area contributed by atoms with E-state index in [4.69, 9.17) is 9.84 Å². The summed E-state index contributed by atoms with van der Waals surface area (Å²) in [5, 5.41) is 8.88. The molecule has 0 aliphatic carbocycles. The first kappa shape index (κ1) is 20.9. The number of nitrogens with zero attached hydrogens (tertiary/aromatic N) is 1. The molecular formula is C22H23NO5. The van der Waals surface area contributed by atoms with Gasteiger partial charge in [-0.15, -0.1) is 0 Å². The van der Waals surface area contributed by atoms with Crippen LogP contribution in [0.5, 0.6) is 5.75 Å². The van der Waals surface area contributed by atoms with Gasteiger partial charge in [0.05, 0.1) is 5.56 Å². The van der Waals surface area contributed by atoms with Gasteiger partial charge in [0.1, 0.15) is 5.75 Å². The molecule has 6 heteroatoms. The van der Waals surface area contributed by atoms with Crippen molar-refractivity contribution in [3.8, 4) is 5.75 Å². The second kappa shape index (κ2) is 10.1. The van der Waals surface area contributed by atoms with Crippen molar-refractivity contribution in [1.29, 1.82) is 0 Å². The molecule has 28 heavy (non-hydrogen) atoms. The molecule has 1 amide bonds. The Kier molecular flexibility index (Phi) is 7.51. The lowest BCUT2D eigenvalue weighted by Crippen LogP contribution is -2.34. The van der Waals surface area contributed by atoms with E-state index >= 15 is 0 Å². The van der Waals surface area contributed by atoms with Gasteiger partial charge in [0.25, 0.3) is 5.91 Å². The van der Waals surface area contributed by atoms with Crippen molar-refractivity contribution in [2.75, 3.05) is 19.7 Å². The van der Waals surface area contributed by atoms with Gasteiger partial charge >= 0.3 is 5.97 Å². The number of carboxylic acid groups (broad SMARTS) is 1. The van der Waals surface area contributed by atoms with Gasteiger partial charge in [-0.2, -0.15) is 0 Å². The molecule has 0 bridgehead atoms. The number of aromatic carboxylic acids is 1. The first-order valence-corrected chi connectivity index (χ1v) is 9.01. The van der Waals surface area contributed by atoms with E-state index in [1.807, 2.05) is 13.8 Å². The summed E-state index contributed by atoms with van der Waals surface area (Å²) in [5.41, 5.74) is 1.41. The maximum absolute atomic E-state index is 12.3. The van der Waals surface area contributed by atoms with Crippen molar-refractivity contribution >= 4 is 23.7 Å². The van der Waals surface area contributed by atoms with Gasteiger partial charge in [0, 0.05) is 18.7 Å². The summed E-state index contributed by atoms with van der Waals surface area (Å²) in [6.45, 7) is 5.06. The monoisotopic (exact) mass is 381 g/mol. The average molecular weight is 381 g/mol. The maximum Gasteiger partial charge on any atom is 0.335 e. The van der Waals surface area contributed by atoms with Crippen LogP contribution in [-0.2, 0) is 4.79 Å². The lowest BCUT2D eigenvalue weighted by molar-refractivity contribution is -0.132. The maximum atomic E-state index is 12.3. The normalized spacial score (nSPS) is 10.6. The van der Waals surface area contributed by atoms with Crippen LogP contribution in [0, 0.1) is 0 Å². The van der Waals surface area contributed by atoms with Gasteiger partial charge in [-0.25, -0.2) is 4.79 Å². The Hall–Kier alpha value is -3.41. The highest BCUT2D eigenvalue weighted by Gasteiger charge is 2.10. The first-order valence-electron chi connectivity index (χ1n) is 9.01. The molecule has 0 aliphatic heterocycles. The fourth-order valence-electron chi connectivity index (χ4n) is 2.53.